The lowest BCUT2D eigenvalue weighted by molar-refractivity contribution is 0.125. The number of aromatic nitrogens is 3. The van der Waals surface area contributed by atoms with Crippen molar-refractivity contribution < 1.29 is 8.78 Å². The molecule has 3 aromatic heterocycles. The van der Waals surface area contributed by atoms with Crippen LogP contribution in [0, 0.1) is 29.5 Å². The average Bonchev–Trinajstić information content (AvgIpc) is 2.94. The van der Waals surface area contributed by atoms with Gasteiger partial charge in [-0.1, -0.05) is 18.7 Å². The average molecular weight is 526 g/mol. The van der Waals surface area contributed by atoms with Crippen LogP contribution < -0.4 is 10.5 Å². The monoisotopic (exact) mass is 525 g/mol. The first-order chi connectivity index (χ1) is 18.7. The highest BCUT2D eigenvalue weighted by atomic mass is 19.1. The molecule has 0 amide bonds. The van der Waals surface area contributed by atoms with Gasteiger partial charge in [0.25, 0.3) is 11.4 Å². The number of hydrogen-bond donors (Lipinski definition) is 0. The van der Waals surface area contributed by atoms with E-state index < -0.39 is 23.2 Å². The molecule has 10 heteroatoms. The number of piperazine rings is 1. The summed E-state index contributed by atoms with van der Waals surface area (Å²) < 4.78 is 30.2. The molecule has 0 radical (unpaired) electrons. The minimum atomic E-state index is -0.589. The molecule has 3 atom stereocenters. The van der Waals surface area contributed by atoms with E-state index in [4.69, 9.17) is 6.57 Å². The van der Waals surface area contributed by atoms with Crippen LogP contribution in [0.2, 0.25) is 0 Å². The quantitative estimate of drug-likeness (QED) is 0.359. The van der Waals surface area contributed by atoms with Gasteiger partial charge in [-0.3, -0.25) is 14.7 Å². The molecule has 1 aliphatic rings. The number of pyridine rings is 3. The van der Waals surface area contributed by atoms with Gasteiger partial charge in [-0.15, -0.1) is 4.98 Å². The molecule has 1 saturated heterocycles. The summed E-state index contributed by atoms with van der Waals surface area (Å²) in [6.45, 7) is 12.2. The van der Waals surface area contributed by atoms with Gasteiger partial charge < -0.3 is 14.3 Å². The van der Waals surface area contributed by atoms with Gasteiger partial charge in [0.2, 0.25) is 5.52 Å². The second-order valence-electron chi connectivity index (χ2n) is 9.72. The number of halogens is 2. The molecule has 39 heavy (non-hydrogen) atoms. The van der Waals surface area contributed by atoms with Crippen LogP contribution in [0.5, 0.6) is 0 Å². The lowest BCUT2D eigenvalue weighted by Gasteiger charge is -2.48. The number of rotatable bonds is 4. The van der Waals surface area contributed by atoms with Crippen LogP contribution in [0.1, 0.15) is 36.7 Å². The van der Waals surface area contributed by atoms with Gasteiger partial charge in [0.15, 0.2) is 0 Å². The van der Waals surface area contributed by atoms with E-state index in [1.165, 1.54) is 35.0 Å². The van der Waals surface area contributed by atoms with Gasteiger partial charge in [0.1, 0.15) is 29.0 Å². The normalized spacial score (nSPS) is 18.5. The second kappa shape index (κ2) is 10.2. The van der Waals surface area contributed by atoms with Crippen molar-refractivity contribution in [3.63, 3.8) is 0 Å². The largest absolute Gasteiger partial charge is 0.361 e. The Labute approximate surface area is 224 Å². The molecule has 4 heterocycles. The second-order valence-corrected chi connectivity index (χ2v) is 9.72. The highest BCUT2D eigenvalue weighted by Gasteiger charge is 2.39. The molecule has 1 unspecified atom stereocenters. The molecular formula is C29H25F2N7O. The van der Waals surface area contributed by atoms with Gasteiger partial charge >= 0.3 is 0 Å². The van der Waals surface area contributed by atoms with E-state index in [1.54, 1.807) is 31.3 Å². The van der Waals surface area contributed by atoms with Gasteiger partial charge in [0.05, 0.1) is 17.3 Å². The maximum Gasteiger partial charge on any atom is 0.271 e. The van der Waals surface area contributed by atoms with Gasteiger partial charge in [-0.2, -0.15) is 5.26 Å². The van der Waals surface area contributed by atoms with E-state index in [0.29, 0.717) is 35.4 Å². The molecule has 0 aliphatic carbocycles. The third kappa shape index (κ3) is 4.49. The molecule has 1 aromatic carbocycles. The van der Waals surface area contributed by atoms with Gasteiger partial charge in [0, 0.05) is 38.4 Å². The topological polar surface area (TPSA) is 82.4 Å². The number of nitriles is 1. The minimum Gasteiger partial charge on any atom is -0.361 e. The molecule has 0 N–H and O–H groups in total. The fraction of sp³-hybridized carbons (Fsp3) is 0.276. The predicted octanol–water partition coefficient (Wildman–Crippen LogP) is 4.72. The van der Waals surface area contributed by atoms with E-state index in [0.717, 1.165) is 0 Å². The van der Waals surface area contributed by atoms with Crippen LogP contribution in [-0.4, -0.2) is 44.6 Å². The first-order valence-corrected chi connectivity index (χ1v) is 12.4. The minimum absolute atomic E-state index is 0.0435. The Balaban J connectivity index is 1.62. The molecule has 5 rings (SSSR count). The van der Waals surface area contributed by atoms with Crippen molar-refractivity contribution in [3.05, 3.63) is 105 Å². The van der Waals surface area contributed by atoms with Gasteiger partial charge in [-0.05, 0) is 55.8 Å². The van der Waals surface area contributed by atoms with Crippen molar-refractivity contribution in [3.8, 4) is 6.07 Å². The molecule has 0 spiro atoms. The van der Waals surface area contributed by atoms with E-state index in [9.17, 15) is 14.4 Å². The van der Waals surface area contributed by atoms with Crippen LogP contribution in [0.15, 0.2) is 59.5 Å². The zero-order valence-corrected chi connectivity index (χ0v) is 21.6. The zero-order chi connectivity index (χ0) is 27.8. The number of aryl methyl sites for hydroxylation is 1. The van der Waals surface area contributed by atoms with Crippen molar-refractivity contribution >= 4 is 22.5 Å². The number of benzene rings is 1. The third-order valence-corrected chi connectivity index (χ3v) is 7.31. The Morgan fingerprint density at radius 2 is 1.85 bits per heavy atom. The van der Waals surface area contributed by atoms with Crippen molar-refractivity contribution in [2.24, 2.45) is 7.05 Å². The summed E-state index contributed by atoms with van der Waals surface area (Å²) >= 11 is 0. The molecular weight excluding hydrogens is 500 g/mol. The number of fused-ring (bicyclic) bond motifs is 1. The van der Waals surface area contributed by atoms with Crippen LogP contribution in [0.3, 0.4) is 0 Å². The van der Waals surface area contributed by atoms with Crippen LogP contribution in [-0.2, 0) is 7.05 Å². The van der Waals surface area contributed by atoms with Crippen molar-refractivity contribution in [2.45, 2.75) is 32.0 Å². The molecule has 196 valence electrons. The van der Waals surface area contributed by atoms with Crippen LogP contribution in [0.25, 0.3) is 15.9 Å². The van der Waals surface area contributed by atoms with Gasteiger partial charge in [-0.25, -0.2) is 8.78 Å². The maximum absolute atomic E-state index is 15.1. The van der Waals surface area contributed by atoms with E-state index >= 15 is 4.39 Å². The molecule has 0 saturated carbocycles. The Hall–Kier alpha value is -4.67. The Kier molecular flexibility index (Phi) is 6.81. The van der Waals surface area contributed by atoms with E-state index in [1.807, 2.05) is 18.7 Å². The summed E-state index contributed by atoms with van der Waals surface area (Å²) in [6.07, 6.45) is 1.53. The number of nitrogens with zero attached hydrogens (tertiary/aromatic N) is 7. The summed E-state index contributed by atoms with van der Waals surface area (Å²) in [5.41, 5.74) is 1.75. The highest BCUT2D eigenvalue weighted by Crippen LogP contribution is 2.37. The van der Waals surface area contributed by atoms with Crippen molar-refractivity contribution in [1.29, 1.82) is 5.26 Å². The standard InChI is InChI=1S/C29H25F2N7O/c1-17-16-38(28-21(14-32)29(39)36(4)23-11-12-24(33-3)35-26(23)28)18(2)15-37(17)27(19-7-9-20(30)10-8-19)25-22(31)6-5-13-34-25/h5-13,17-18,27H,15-16H2,1-2,4H3/t17-,18+,27?/m1/s1. The summed E-state index contributed by atoms with van der Waals surface area (Å²) in [6, 6.07) is 13.1. The molecule has 8 nitrogen and oxygen atoms in total. The van der Waals surface area contributed by atoms with E-state index in [2.05, 4.69) is 25.8 Å². The fourth-order valence-electron chi connectivity index (χ4n) is 5.40. The van der Waals surface area contributed by atoms with E-state index in [-0.39, 0.29) is 29.2 Å². The molecule has 0 bridgehead atoms. The lowest BCUT2D eigenvalue weighted by Crippen LogP contribution is -2.58. The Morgan fingerprint density at radius 3 is 2.51 bits per heavy atom. The first kappa shape index (κ1) is 26.0. The van der Waals surface area contributed by atoms with Crippen LogP contribution in [0.4, 0.5) is 20.3 Å². The lowest BCUT2D eigenvalue weighted by atomic mass is 9.95. The number of anilines is 1. The molecule has 4 aromatic rings. The SMILES string of the molecule is [C-]#[N+]c1ccc2c(n1)c(N1C[C@@H](C)N(C(c3ccc(F)cc3)c3ncccc3F)C[C@@H]1C)c(C#N)c(=O)n2C. The zero-order valence-electron chi connectivity index (χ0n) is 21.6. The Morgan fingerprint density at radius 1 is 1.10 bits per heavy atom. The smallest absolute Gasteiger partial charge is 0.271 e. The first-order valence-electron chi connectivity index (χ1n) is 12.4. The third-order valence-electron chi connectivity index (χ3n) is 7.31. The summed E-state index contributed by atoms with van der Waals surface area (Å²) in [5.74, 6) is -0.694. The summed E-state index contributed by atoms with van der Waals surface area (Å²) in [4.78, 5) is 29.5. The highest BCUT2D eigenvalue weighted by molar-refractivity contribution is 5.93. The predicted molar refractivity (Wildman–Crippen MR) is 143 cm³/mol. The number of hydrogen-bond acceptors (Lipinski definition) is 6. The summed E-state index contributed by atoms with van der Waals surface area (Å²) in [7, 11) is 1.58. The maximum atomic E-state index is 15.1. The summed E-state index contributed by atoms with van der Waals surface area (Å²) in [5, 5.41) is 10.0. The van der Waals surface area contributed by atoms with Crippen LogP contribution >= 0.6 is 0 Å². The molecule has 1 aliphatic heterocycles. The van der Waals surface area contributed by atoms with Crippen molar-refractivity contribution in [2.75, 3.05) is 18.0 Å². The van der Waals surface area contributed by atoms with Crippen molar-refractivity contribution in [1.82, 2.24) is 19.4 Å². The Bertz CT molecular complexity index is 1700. The fourth-order valence-corrected chi connectivity index (χ4v) is 5.40. The molecule has 1 fully saturated rings.